The molecule has 0 unspecified atom stereocenters. The SMILES string of the molecule is CCNC(=NCC1(CCOC)CCC1)NCCCOCC(F)(F)F. The Morgan fingerprint density at radius 3 is 2.50 bits per heavy atom. The molecule has 0 spiro atoms. The molecule has 0 aromatic heterocycles. The monoisotopic (exact) mass is 353 g/mol. The third-order valence-electron chi connectivity index (χ3n) is 4.19. The summed E-state index contributed by atoms with van der Waals surface area (Å²) in [6, 6.07) is 0. The Hall–Kier alpha value is -1.02. The Morgan fingerprint density at radius 2 is 1.96 bits per heavy atom. The molecule has 1 aliphatic rings. The van der Waals surface area contributed by atoms with Crippen LogP contribution in [0.1, 0.15) is 39.0 Å². The van der Waals surface area contributed by atoms with E-state index in [1.165, 1.54) is 19.3 Å². The molecule has 0 amide bonds. The fraction of sp³-hybridized carbons (Fsp3) is 0.938. The molecular formula is C16H30F3N3O2. The molecule has 0 saturated heterocycles. The highest BCUT2D eigenvalue weighted by atomic mass is 19.4. The molecular weight excluding hydrogens is 323 g/mol. The van der Waals surface area contributed by atoms with Crippen LogP contribution in [-0.4, -0.2) is 58.7 Å². The first-order chi connectivity index (χ1) is 11.4. The number of halogens is 3. The highest BCUT2D eigenvalue weighted by molar-refractivity contribution is 5.79. The minimum absolute atomic E-state index is 0.0731. The summed E-state index contributed by atoms with van der Waals surface area (Å²) in [5.74, 6) is 0.706. The number of nitrogens with one attached hydrogen (secondary N) is 2. The van der Waals surface area contributed by atoms with Crippen molar-refractivity contribution in [2.75, 3.05) is 46.6 Å². The lowest BCUT2D eigenvalue weighted by molar-refractivity contribution is -0.173. The van der Waals surface area contributed by atoms with Gasteiger partial charge >= 0.3 is 6.18 Å². The number of aliphatic imine (C=N–C) groups is 1. The number of nitrogens with zero attached hydrogens (tertiary/aromatic N) is 1. The van der Waals surface area contributed by atoms with E-state index in [1.54, 1.807) is 7.11 Å². The van der Waals surface area contributed by atoms with E-state index in [4.69, 9.17) is 4.74 Å². The maximum absolute atomic E-state index is 12.0. The molecule has 0 aromatic carbocycles. The van der Waals surface area contributed by atoms with Crippen molar-refractivity contribution in [3.05, 3.63) is 0 Å². The van der Waals surface area contributed by atoms with Crippen molar-refractivity contribution in [2.24, 2.45) is 10.4 Å². The predicted molar refractivity (Wildman–Crippen MR) is 88.2 cm³/mol. The van der Waals surface area contributed by atoms with Gasteiger partial charge in [-0.2, -0.15) is 13.2 Å². The average Bonchev–Trinajstić information content (AvgIpc) is 2.48. The van der Waals surface area contributed by atoms with Crippen molar-refractivity contribution in [2.45, 2.75) is 45.2 Å². The molecule has 8 heteroatoms. The number of ether oxygens (including phenoxy) is 2. The van der Waals surface area contributed by atoms with E-state index in [-0.39, 0.29) is 12.0 Å². The van der Waals surface area contributed by atoms with Gasteiger partial charge in [0.15, 0.2) is 5.96 Å². The molecule has 1 rings (SSSR count). The Labute approximate surface area is 142 Å². The number of alkyl halides is 3. The van der Waals surface area contributed by atoms with Gasteiger partial charge in [0.1, 0.15) is 6.61 Å². The Kier molecular flexibility index (Phi) is 9.43. The van der Waals surface area contributed by atoms with Crippen LogP contribution in [0.15, 0.2) is 4.99 Å². The minimum Gasteiger partial charge on any atom is -0.385 e. The zero-order chi connectivity index (χ0) is 17.9. The third-order valence-corrected chi connectivity index (χ3v) is 4.19. The summed E-state index contributed by atoms with van der Waals surface area (Å²) < 4.78 is 45.6. The molecule has 0 heterocycles. The average molecular weight is 353 g/mol. The lowest BCUT2D eigenvalue weighted by atomic mass is 9.67. The number of guanidine groups is 1. The smallest absolute Gasteiger partial charge is 0.385 e. The zero-order valence-electron chi connectivity index (χ0n) is 14.7. The molecule has 24 heavy (non-hydrogen) atoms. The van der Waals surface area contributed by atoms with Crippen LogP contribution in [0.4, 0.5) is 13.2 Å². The summed E-state index contributed by atoms with van der Waals surface area (Å²) in [4.78, 5) is 4.64. The summed E-state index contributed by atoms with van der Waals surface area (Å²) in [5, 5.41) is 6.30. The van der Waals surface area contributed by atoms with Gasteiger partial charge in [0.2, 0.25) is 0 Å². The molecule has 0 bridgehead atoms. The van der Waals surface area contributed by atoms with Crippen molar-refractivity contribution in [3.8, 4) is 0 Å². The van der Waals surface area contributed by atoms with Gasteiger partial charge in [0.25, 0.3) is 0 Å². The standard InChI is InChI=1S/C16H30F3N3O2/c1-3-20-14(21-9-5-10-24-13-16(17,18)19)22-12-15(6-4-7-15)8-11-23-2/h3-13H2,1-2H3,(H2,20,21,22). The fourth-order valence-corrected chi connectivity index (χ4v) is 2.64. The van der Waals surface area contributed by atoms with E-state index in [1.807, 2.05) is 6.92 Å². The molecule has 2 N–H and O–H groups in total. The van der Waals surface area contributed by atoms with Crippen LogP contribution >= 0.6 is 0 Å². The van der Waals surface area contributed by atoms with Crippen LogP contribution in [0.3, 0.4) is 0 Å². The van der Waals surface area contributed by atoms with Crippen molar-refractivity contribution >= 4 is 5.96 Å². The lowest BCUT2D eigenvalue weighted by Gasteiger charge is -2.40. The normalized spacial score (nSPS) is 17.5. The van der Waals surface area contributed by atoms with Crippen molar-refractivity contribution in [1.29, 1.82) is 0 Å². The zero-order valence-corrected chi connectivity index (χ0v) is 14.7. The summed E-state index contributed by atoms with van der Waals surface area (Å²) in [5.41, 5.74) is 0.244. The number of rotatable bonds is 11. The highest BCUT2D eigenvalue weighted by Gasteiger charge is 2.36. The van der Waals surface area contributed by atoms with E-state index >= 15 is 0 Å². The summed E-state index contributed by atoms with van der Waals surface area (Å²) in [7, 11) is 1.71. The molecule has 0 aromatic rings. The first kappa shape index (κ1) is 21.0. The van der Waals surface area contributed by atoms with Crippen molar-refractivity contribution in [3.63, 3.8) is 0 Å². The molecule has 1 aliphatic carbocycles. The van der Waals surface area contributed by atoms with Gasteiger partial charge in [-0.1, -0.05) is 6.42 Å². The van der Waals surface area contributed by atoms with E-state index in [0.29, 0.717) is 18.9 Å². The molecule has 0 aliphatic heterocycles. The van der Waals surface area contributed by atoms with Crippen molar-refractivity contribution < 1.29 is 22.6 Å². The van der Waals surface area contributed by atoms with Gasteiger partial charge < -0.3 is 20.1 Å². The topological polar surface area (TPSA) is 54.9 Å². The molecule has 142 valence electrons. The molecule has 1 saturated carbocycles. The van der Waals surface area contributed by atoms with Crippen LogP contribution in [0.2, 0.25) is 0 Å². The largest absolute Gasteiger partial charge is 0.411 e. The third kappa shape index (κ3) is 8.73. The Balaban J connectivity index is 2.29. The van der Waals surface area contributed by atoms with E-state index in [9.17, 15) is 13.2 Å². The minimum atomic E-state index is -4.26. The Bertz CT molecular complexity index is 372. The van der Waals surface area contributed by atoms with Gasteiger partial charge in [-0.3, -0.25) is 4.99 Å². The molecule has 0 atom stereocenters. The van der Waals surface area contributed by atoms with Gasteiger partial charge in [-0.25, -0.2) is 0 Å². The first-order valence-corrected chi connectivity index (χ1v) is 8.56. The van der Waals surface area contributed by atoms with E-state index in [2.05, 4.69) is 20.4 Å². The van der Waals surface area contributed by atoms with Gasteiger partial charge in [0, 0.05) is 40.0 Å². The summed E-state index contributed by atoms with van der Waals surface area (Å²) in [6.45, 7) is 3.61. The van der Waals surface area contributed by atoms with Crippen molar-refractivity contribution in [1.82, 2.24) is 10.6 Å². The van der Waals surface area contributed by atoms with Crippen LogP contribution < -0.4 is 10.6 Å². The maximum atomic E-state index is 12.0. The van der Waals surface area contributed by atoms with E-state index < -0.39 is 12.8 Å². The number of hydrogen-bond donors (Lipinski definition) is 2. The first-order valence-electron chi connectivity index (χ1n) is 8.56. The molecule has 0 radical (unpaired) electrons. The van der Waals surface area contributed by atoms with Crippen LogP contribution in [0.5, 0.6) is 0 Å². The second-order valence-electron chi connectivity index (χ2n) is 6.24. The second kappa shape index (κ2) is 10.8. The van der Waals surface area contributed by atoms with E-state index in [0.717, 1.165) is 26.1 Å². The lowest BCUT2D eigenvalue weighted by Crippen LogP contribution is -2.40. The number of methoxy groups -OCH3 is 1. The van der Waals surface area contributed by atoms with Crippen LogP contribution in [0, 0.1) is 5.41 Å². The molecule has 1 fully saturated rings. The fourth-order valence-electron chi connectivity index (χ4n) is 2.64. The highest BCUT2D eigenvalue weighted by Crippen LogP contribution is 2.44. The Morgan fingerprint density at radius 1 is 1.21 bits per heavy atom. The van der Waals surface area contributed by atoms with Gasteiger partial charge in [-0.05, 0) is 38.0 Å². The van der Waals surface area contributed by atoms with Gasteiger partial charge in [0.05, 0.1) is 0 Å². The van der Waals surface area contributed by atoms with Crippen LogP contribution in [-0.2, 0) is 9.47 Å². The quantitative estimate of drug-likeness (QED) is 0.341. The van der Waals surface area contributed by atoms with Crippen LogP contribution in [0.25, 0.3) is 0 Å². The van der Waals surface area contributed by atoms with Gasteiger partial charge in [-0.15, -0.1) is 0 Å². The maximum Gasteiger partial charge on any atom is 0.411 e. The predicted octanol–water partition coefficient (Wildman–Crippen LogP) is 2.72. The molecule has 5 nitrogen and oxygen atoms in total. The second-order valence-corrected chi connectivity index (χ2v) is 6.24. The summed E-state index contributed by atoms with van der Waals surface area (Å²) >= 11 is 0. The number of hydrogen-bond acceptors (Lipinski definition) is 3. The summed E-state index contributed by atoms with van der Waals surface area (Å²) in [6.07, 6.45) is 0.824.